The van der Waals surface area contributed by atoms with E-state index >= 15 is 0 Å². The minimum atomic E-state index is -0.522. The number of piperazine rings is 1. The predicted octanol–water partition coefficient (Wildman–Crippen LogP) is 2.05. The Hall–Kier alpha value is -2.75. The van der Waals surface area contributed by atoms with Crippen molar-refractivity contribution in [3.8, 4) is 6.07 Å². The van der Waals surface area contributed by atoms with Gasteiger partial charge in [0.15, 0.2) is 0 Å². The summed E-state index contributed by atoms with van der Waals surface area (Å²) < 4.78 is 5.34. The zero-order valence-electron chi connectivity index (χ0n) is 14.9. The van der Waals surface area contributed by atoms with E-state index in [1.165, 1.54) is 0 Å². The maximum Gasteiger partial charge on any atom is 0.410 e. The van der Waals surface area contributed by atoms with E-state index in [4.69, 9.17) is 10.00 Å². The average Bonchev–Trinajstić information content (AvgIpc) is 2.58. The zero-order valence-corrected chi connectivity index (χ0v) is 14.9. The molecule has 1 N–H and O–H groups in total. The van der Waals surface area contributed by atoms with Gasteiger partial charge in [0.25, 0.3) is 0 Å². The summed E-state index contributed by atoms with van der Waals surface area (Å²) in [5.41, 5.74) is 0.759. The standard InChI is InChI=1S/C18H24N4O3/c1-18(2,3)25-17(24)22-9-7-21(8-10-22)16(23)13-20-15-6-4-5-14(11-15)12-19/h4-6,11,20H,7-10,13H2,1-3H3. The molecule has 1 fully saturated rings. The Bertz CT molecular complexity index is 668. The fourth-order valence-electron chi connectivity index (χ4n) is 2.45. The van der Waals surface area contributed by atoms with Crippen molar-refractivity contribution in [3.05, 3.63) is 29.8 Å². The molecule has 0 aliphatic carbocycles. The van der Waals surface area contributed by atoms with E-state index in [0.29, 0.717) is 31.7 Å². The van der Waals surface area contributed by atoms with E-state index in [1.807, 2.05) is 26.8 Å². The first-order chi connectivity index (χ1) is 11.8. The topological polar surface area (TPSA) is 85.7 Å². The number of hydrogen-bond acceptors (Lipinski definition) is 5. The lowest BCUT2D eigenvalue weighted by Gasteiger charge is -2.35. The van der Waals surface area contributed by atoms with Crippen molar-refractivity contribution in [2.75, 3.05) is 38.0 Å². The van der Waals surface area contributed by atoms with E-state index in [-0.39, 0.29) is 18.5 Å². The second-order valence-electron chi connectivity index (χ2n) is 6.89. The summed E-state index contributed by atoms with van der Waals surface area (Å²) in [7, 11) is 0. The number of carbonyl (C=O) groups excluding carboxylic acids is 2. The first-order valence-electron chi connectivity index (χ1n) is 8.28. The second kappa shape index (κ2) is 7.88. The lowest BCUT2D eigenvalue weighted by molar-refractivity contribution is -0.131. The van der Waals surface area contributed by atoms with Crippen LogP contribution in [-0.4, -0.2) is 60.1 Å². The van der Waals surface area contributed by atoms with Crippen LogP contribution in [0.3, 0.4) is 0 Å². The number of nitrogens with zero attached hydrogens (tertiary/aromatic N) is 3. The molecule has 0 saturated carbocycles. The highest BCUT2D eigenvalue weighted by Gasteiger charge is 2.27. The Labute approximate surface area is 148 Å². The quantitative estimate of drug-likeness (QED) is 0.907. The molecule has 0 aromatic heterocycles. The highest BCUT2D eigenvalue weighted by molar-refractivity contribution is 5.81. The SMILES string of the molecule is CC(C)(C)OC(=O)N1CCN(C(=O)CNc2cccc(C#N)c2)CC1. The lowest BCUT2D eigenvalue weighted by Crippen LogP contribution is -2.52. The number of amides is 2. The Kier molecular flexibility index (Phi) is 5.86. The number of rotatable bonds is 3. The van der Waals surface area contributed by atoms with Gasteiger partial charge in [0.2, 0.25) is 5.91 Å². The van der Waals surface area contributed by atoms with Crippen molar-refractivity contribution >= 4 is 17.7 Å². The average molecular weight is 344 g/mol. The van der Waals surface area contributed by atoms with Crippen molar-refractivity contribution in [1.29, 1.82) is 5.26 Å². The Morgan fingerprint density at radius 2 is 1.84 bits per heavy atom. The van der Waals surface area contributed by atoms with Gasteiger partial charge in [-0.15, -0.1) is 0 Å². The molecule has 0 unspecified atom stereocenters. The Morgan fingerprint density at radius 1 is 1.20 bits per heavy atom. The highest BCUT2D eigenvalue weighted by Crippen LogP contribution is 2.13. The van der Waals surface area contributed by atoms with Crippen LogP contribution in [0.1, 0.15) is 26.3 Å². The summed E-state index contributed by atoms with van der Waals surface area (Å²) in [6, 6.07) is 9.06. The molecule has 7 heteroatoms. The fourth-order valence-corrected chi connectivity index (χ4v) is 2.45. The molecular weight excluding hydrogens is 320 g/mol. The first-order valence-corrected chi connectivity index (χ1v) is 8.28. The van der Waals surface area contributed by atoms with Gasteiger partial charge in [-0.25, -0.2) is 4.79 Å². The van der Waals surface area contributed by atoms with Crippen LogP contribution >= 0.6 is 0 Å². The molecule has 1 heterocycles. The van der Waals surface area contributed by atoms with Gasteiger partial charge in [-0.3, -0.25) is 4.79 Å². The van der Waals surface area contributed by atoms with Crippen LogP contribution in [-0.2, 0) is 9.53 Å². The number of hydrogen-bond donors (Lipinski definition) is 1. The molecule has 25 heavy (non-hydrogen) atoms. The number of benzene rings is 1. The van der Waals surface area contributed by atoms with Crippen molar-refractivity contribution in [2.24, 2.45) is 0 Å². The van der Waals surface area contributed by atoms with Gasteiger partial charge < -0.3 is 19.9 Å². The molecule has 1 aromatic rings. The normalized spacial score (nSPS) is 14.6. The Balaban J connectivity index is 1.79. The minimum Gasteiger partial charge on any atom is -0.444 e. The van der Waals surface area contributed by atoms with Gasteiger partial charge >= 0.3 is 6.09 Å². The van der Waals surface area contributed by atoms with Crippen LogP contribution in [0.2, 0.25) is 0 Å². The van der Waals surface area contributed by atoms with Gasteiger partial charge in [0.1, 0.15) is 5.60 Å². The van der Waals surface area contributed by atoms with Gasteiger partial charge in [-0.1, -0.05) is 6.07 Å². The number of nitriles is 1. The van der Waals surface area contributed by atoms with E-state index < -0.39 is 5.60 Å². The largest absolute Gasteiger partial charge is 0.444 e. The number of nitrogens with one attached hydrogen (secondary N) is 1. The third-order valence-electron chi connectivity index (χ3n) is 3.72. The fraction of sp³-hybridized carbons (Fsp3) is 0.500. The molecule has 1 aromatic carbocycles. The van der Waals surface area contributed by atoms with Gasteiger partial charge in [-0.05, 0) is 39.0 Å². The second-order valence-corrected chi connectivity index (χ2v) is 6.89. The van der Waals surface area contributed by atoms with E-state index in [1.54, 1.807) is 28.0 Å². The number of ether oxygens (including phenoxy) is 1. The summed E-state index contributed by atoms with van der Waals surface area (Å²) in [5.74, 6) is -0.0359. The molecule has 1 saturated heterocycles. The van der Waals surface area contributed by atoms with Gasteiger partial charge in [0, 0.05) is 31.9 Å². The summed E-state index contributed by atoms with van der Waals surface area (Å²) in [6.45, 7) is 7.54. The maximum absolute atomic E-state index is 12.3. The first kappa shape index (κ1) is 18.6. The van der Waals surface area contributed by atoms with E-state index in [0.717, 1.165) is 5.69 Å². The molecule has 0 bridgehead atoms. The third kappa shape index (κ3) is 5.68. The summed E-state index contributed by atoms with van der Waals surface area (Å²) in [5, 5.41) is 11.9. The van der Waals surface area contributed by atoms with E-state index in [9.17, 15) is 9.59 Å². The van der Waals surface area contributed by atoms with Crippen LogP contribution in [0.4, 0.5) is 10.5 Å². The van der Waals surface area contributed by atoms with Crippen LogP contribution in [0.5, 0.6) is 0 Å². The molecule has 0 radical (unpaired) electrons. The van der Waals surface area contributed by atoms with E-state index in [2.05, 4.69) is 11.4 Å². The molecule has 1 aliphatic rings. The molecule has 7 nitrogen and oxygen atoms in total. The van der Waals surface area contributed by atoms with Crippen molar-refractivity contribution in [2.45, 2.75) is 26.4 Å². The van der Waals surface area contributed by atoms with Crippen LogP contribution in [0.25, 0.3) is 0 Å². The summed E-state index contributed by atoms with van der Waals surface area (Å²) in [6.07, 6.45) is -0.342. The molecule has 2 amide bonds. The zero-order chi connectivity index (χ0) is 18.4. The lowest BCUT2D eigenvalue weighted by atomic mass is 10.2. The van der Waals surface area contributed by atoms with Crippen molar-refractivity contribution < 1.29 is 14.3 Å². The molecule has 0 atom stereocenters. The van der Waals surface area contributed by atoms with Crippen molar-refractivity contribution in [1.82, 2.24) is 9.80 Å². The number of anilines is 1. The Morgan fingerprint density at radius 3 is 2.44 bits per heavy atom. The smallest absolute Gasteiger partial charge is 0.410 e. The van der Waals surface area contributed by atoms with Crippen LogP contribution in [0, 0.1) is 11.3 Å². The maximum atomic E-state index is 12.3. The summed E-state index contributed by atoms with van der Waals surface area (Å²) in [4.78, 5) is 27.7. The van der Waals surface area contributed by atoms with Crippen LogP contribution in [0.15, 0.2) is 24.3 Å². The molecule has 2 rings (SSSR count). The van der Waals surface area contributed by atoms with Gasteiger partial charge in [0.05, 0.1) is 18.2 Å². The van der Waals surface area contributed by atoms with Crippen molar-refractivity contribution in [3.63, 3.8) is 0 Å². The molecule has 0 spiro atoms. The minimum absolute atomic E-state index is 0.0359. The van der Waals surface area contributed by atoms with Gasteiger partial charge in [-0.2, -0.15) is 5.26 Å². The molecule has 134 valence electrons. The van der Waals surface area contributed by atoms with Crippen LogP contribution < -0.4 is 5.32 Å². The summed E-state index contributed by atoms with van der Waals surface area (Å²) >= 11 is 0. The predicted molar refractivity (Wildman–Crippen MR) is 94.0 cm³/mol. The highest BCUT2D eigenvalue weighted by atomic mass is 16.6. The third-order valence-corrected chi connectivity index (χ3v) is 3.72. The number of carbonyl (C=O) groups is 2. The molecule has 1 aliphatic heterocycles. The molecular formula is C18H24N4O3. The monoisotopic (exact) mass is 344 g/mol.